The lowest BCUT2D eigenvalue weighted by atomic mass is 9.85. The van der Waals surface area contributed by atoms with E-state index >= 15 is 0 Å². The highest BCUT2D eigenvalue weighted by Crippen LogP contribution is 2.44. The zero-order valence-corrected chi connectivity index (χ0v) is 24.7. The minimum Gasteiger partial charge on any atom is -0.405 e. The molecule has 0 saturated carbocycles. The topological polar surface area (TPSA) is 52.0 Å². The Morgan fingerprint density at radius 2 is 1.21 bits per heavy atom. The van der Waals surface area contributed by atoms with E-state index < -0.39 is 0 Å². The summed E-state index contributed by atoms with van der Waals surface area (Å²) in [6, 6.07) is 41.8. The quantitative estimate of drug-likeness (QED) is 0.152. The van der Waals surface area contributed by atoms with E-state index in [1.165, 1.54) is 60.8 Å². The van der Waals surface area contributed by atoms with Crippen LogP contribution in [0.2, 0.25) is 0 Å². The number of rotatable bonds is 7. The van der Waals surface area contributed by atoms with Gasteiger partial charge in [-0.05, 0) is 115 Å². The molecule has 0 heterocycles. The van der Waals surface area contributed by atoms with E-state index in [1.54, 1.807) is 0 Å². The van der Waals surface area contributed by atoms with Crippen LogP contribution in [-0.2, 0) is 0 Å². The van der Waals surface area contributed by atoms with Crippen molar-refractivity contribution in [2.75, 3.05) is 0 Å². The van der Waals surface area contributed by atoms with Crippen LogP contribution < -0.4 is 11.5 Å². The normalized spacial score (nSPS) is 13.0. The van der Waals surface area contributed by atoms with Gasteiger partial charge in [0.1, 0.15) is 0 Å². The Balaban J connectivity index is 1.52. The SMILES string of the molecule is CC/C=C(\C=C/N)C(/N)=C/C=C(\C)c1cccc(-c2c3ccccc3c(-c3ccc4ccccc4c3)c3ccccc23)c1. The van der Waals surface area contributed by atoms with Crippen LogP contribution >= 0.6 is 0 Å². The highest BCUT2D eigenvalue weighted by atomic mass is 14.6. The third-order valence-corrected chi connectivity index (χ3v) is 8.12. The fourth-order valence-corrected chi connectivity index (χ4v) is 6.03. The van der Waals surface area contributed by atoms with Crippen molar-refractivity contribution in [3.05, 3.63) is 163 Å². The lowest BCUT2D eigenvalue weighted by Crippen LogP contribution is -2.00. The van der Waals surface area contributed by atoms with E-state index in [0.717, 1.165) is 23.1 Å². The Labute approximate surface area is 254 Å². The number of fused-ring (bicyclic) bond motifs is 3. The van der Waals surface area contributed by atoms with E-state index in [1.807, 2.05) is 12.2 Å². The first-order valence-electron chi connectivity index (χ1n) is 14.9. The van der Waals surface area contributed by atoms with E-state index in [9.17, 15) is 0 Å². The third kappa shape index (κ3) is 5.48. The highest BCUT2D eigenvalue weighted by Gasteiger charge is 2.17. The molecule has 210 valence electrons. The molecule has 0 fully saturated rings. The van der Waals surface area contributed by atoms with E-state index in [2.05, 4.69) is 141 Å². The molecule has 0 aliphatic rings. The van der Waals surface area contributed by atoms with Gasteiger partial charge in [0.15, 0.2) is 0 Å². The molecule has 0 aliphatic carbocycles. The van der Waals surface area contributed by atoms with Crippen LogP contribution in [0.5, 0.6) is 0 Å². The number of nitrogens with two attached hydrogens (primary N) is 2. The molecule has 0 saturated heterocycles. The summed E-state index contributed by atoms with van der Waals surface area (Å²) in [7, 11) is 0. The van der Waals surface area contributed by atoms with Crippen molar-refractivity contribution < 1.29 is 0 Å². The van der Waals surface area contributed by atoms with Crippen molar-refractivity contribution in [3.8, 4) is 22.3 Å². The molecule has 2 nitrogen and oxygen atoms in total. The second kappa shape index (κ2) is 12.3. The zero-order chi connectivity index (χ0) is 29.8. The standard InChI is InChI=1S/C41H36N2/c1-3-11-30(24-25-42)39(43)23-20-28(2)31-14-10-15-33(26-31)40-35-16-6-8-18-37(35)41(38-19-9-7-17-36(38)40)34-22-21-29-12-4-5-13-32(29)27-34/h4-27H,3,42-43H2,1-2H3/b25-24-,28-20+,30-11+,39-23-. The van der Waals surface area contributed by atoms with Gasteiger partial charge in [0.05, 0.1) is 0 Å². The lowest BCUT2D eigenvalue weighted by Gasteiger charge is -2.18. The average molecular weight is 557 g/mol. The van der Waals surface area contributed by atoms with Crippen molar-refractivity contribution in [1.29, 1.82) is 0 Å². The van der Waals surface area contributed by atoms with Gasteiger partial charge in [0.2, 0.25) is 0 Å². The number of hydrogen-bond donors (Lipinski definition) is 2. The molecular weight excluding hydrogens is 520 g/mol. The van der Waals surface area contributed by atoms with Crippen LogP contribution in [0.15, 0.2) is 157 Å². The van der Waals surface area contributed by atoms with Gasteiger partial charge in [-0.1, -0.05) is 122 Å². The summed E-state index contributed by atoms with van der Waals surface area (Å²) < 4.78 is 0. The van der Waals surface area contributed by atoms with Crippen LogP contribution in [0.3, 0.4) is 0 Å². The summed E-state index contributed by atoms with van der Waals surface area (Å²) in [4.78, 5) is 0. The molecule has 0 bridgehead atoms. The second-order valence-corrected chi connectivity index (χ2v) is 10.9. The maximum Gasteiger partial charge on any atom is 0.0385 e. The zero-order valence-electron chi connectivity index (χ0n) is 24.7. The maximum absolute atomic E-state index is 6.40. The van der Waals surface area contributed by atoms with Crippen LogP contribution in [0.25, 0.3) is 60.1 Å². The molecule has 43 heavy (non-hydrogen) atoms. The minimum absolute atomic E-state index is 0.695. The van der Waals surface area contributed by atoms with Crippen LogP contribution in [0.1, 0.15) is 25.8 Å². The molecule has 6 rings (SSSR count). The fourth-order valence-electron chi connectivity index (χ4n) is 6.03. The largest absolute Gasteiger partial charge is 0.405 e. The first kappa shape index (κ1) is 27.8. The summed E-state index contributed by atoms with van der Waals surface area (Å²) in [6.45, 7) is 4.22. The predicted molar refractivity (Wildman–Crippen MR) is 187 cm³/mol. The Kier molecular flexibility index (Phi) is 7.93. The molecular formula is C41H36N2. The molecule has 4 N–H and O–H groups in total. The van der Waals surface area contributed by atoms with Crippen molar-refractivity contribution in [1.82, 2.24) is 0 Å². The molecule has 6 aromatic rings. The Morgan fingerprint density at radius 3 is 1.81 bits per heavy atom. The molecule has 0 amide bonds. The van der Waals surface area contributed by atoms with Gasteiger partial charge in [0.25, 0.3) is 0 Å². The van der Waals surface area contributed by atoms with Crippen LogP contribution in [-0.4, -0.2) is 0 Å². The summed E-state index contributed by atoms with van der Waals surface area (Å²) in [5.41, 5.74) is 20.9. The number of benzene rings is 6. The molecule has 6 aromatic carbocycles. The Bertz CT molecular complexity index is 2030. The average Bonchev–Trinajstić information content (AvgIpc) is 3.05. The van der Waals surface area contributed by atoms with Gasteiger partial charge in [-0.15, -0.1) is 0 Å². The summed E-state index contributed by atoms with van der Waals surface area (Å²) in [5.74, 6) is 0. The molecule has 0 radical (unpaired) electrons. The van der Waals surface area contributed by atoms with Crippen molar-refractivity contribution in [3.63, 3.8) is 0 Å². The number of hydrogen-bond acceptors (Lipinski definition) is 2. The number of allylic oxidation sites excluding steroid dienone is 5. The Morgan fingerprint density at radius 1 is 0.628 bits per heavy atom. The summed E-state index contributed by atoms with van der Waals surface area (Å²) >= 11 is 0. The van der Waals surface area contributed by atoms with Gasteiger partial charge >= 0.3 is 0 Å². The molecule has 0 aromatic heterocycles. The van der Waals surface area contributed by atoms with Gasteiger partial charge in [-0.3, -0.25) is 0 Å². The van der Waals surface area contributed by atoms with Crippen LogP contribution in [0.4, 0.5) is 0 Å². The molecule has 2 heteroatoms. The summed E-state index contributed by atoms with van der Waals surface area (Å²) in [5, 5.41) is 7.50. The molecule has 0 atom stereocenters. The first-order chi connectivity index (χ1) is 21.1. The van der Waals surface area contributed by atoms with E-state index in [4.69, 9.17) is 11.5 Å². The van der Waals surface area contributed by atoms with Crippen molar-refractivity contribution in [2.24, 2.45) is 11.5 Å². The van der Waals surface area contributed by atoms with E-state index in [-0.39, 0.29) is 0 Å². The summed E-state index contributed by atoms with van der Waals surface area (Å²) in [6.07, 6.45) is 10.4. The van der Waals surface area contributed by atoms with E-state index in [0.29, 0.717) is 5.70 Å². The van der Waals surface area contributed by atoms with Gasteiger partial charge in [-0.2, -0.15) is 0 Å². The second-order valence-electron chi connectivity index (χ2n) is 10.9. The highest BCUT2D eigenvalue weighted by molar-refractivity contribution is 6.21. The lowest BCUT2D eigenvalue weighted by molar-refractivity contribution is 1.19. The smallest absolute Gasteiger partial charge is 0.0385 e. The molecule has 0 unspecified atom stereocenters. The molecule has 0 aliphatic heterocycles. The van der Waals surface area contributed by atoms with Crippen molar-refractivity contribution in [2.45, 2.75) is 20.3 Å². The monoisotopic (exact) mass is 556 g/mol. The maximum atomic E-state index is 6.40. The Hall–Kier alpha value is -5.34. The van der Waals surface area contributed by atoms with Gasteiger partial charge in [-0.25, -0.2) is 0 Å². The van der Waals surface area contributed by atoms with Crippen LogP contribution in [0, 0.1) is 0 Å². The fraction of sp³-hybridized carbons (Fsp3) is 0.0732. The third-order valence-electron chi connectivity index (χ3n) is 8.12. The first-order valence-corrected chi connectivity index (χ1v) is 14.9. The van der Waals surface area contributed by atoms with Crippen molar-refractivity contribution >= 4 is 37.9 Å². The molecule has 0 spiro atoms. The van der Waals surface area contributed by atoms with Gasteiger partial charge in [0, 0.05) is 5.70 Å². The van der Waals surface area contributed by atoms with Gasteiger partial charge < -0.3 is 11.5 Å². The minimum atomic E-state index is 0.695. The predicted octanol–water partition coefficient (Wildman–Crippen LogP) is 10.5.